The SMILES string of the molecule is O=C(N/N=C/c1cc(Cl)ccc1OC(=O)c1ccc(Cl)cc1Cl)c1ccc(NC(=O)c2ccc(Cl)cc2)cc1. The molecule has 0 aliphatic heterocycles. The Kier molecular flexibility index (Phi) is 9.22. The first-order chi connectivity index (χ1) is 18.7. The number of hydrogen-bond acceptors (Lipinski definition) is 5. The minimum atomic E-state index is -0.707. The Morgan fingerprint density at radius 1 is 0.692 bits per heavy atom. The molecule has 0 heterocycles. The lowest BCUT2D eigenvalue weighted by atomic mass is 10.1. The number of esters is 1. The molecule has 0 saturated heterocycles. The number of hydrazone groups is 1. The number of carbonyl (C=O) groups excluding carboxylic acids is 3. The molecule has 11 heteroatoms. The minimum Gasteiger partial charge on any atom is -0.422 e. The van der Waals surface area contributed by atoms with Gasteiger partial charge in [-0.15, -0.1) is 0 Å². The number of halogens is 4. The maximum atomic E-state index is 12.6. The van der Waals surface area contributed by atoms with Gasteiger partial charge in [0.15, 0.2) is 0 Å². The van der Waals surface area contributed by atoms with Crippen LogP contribution >= 0.6 is 46.4 Å². The van der Waals surface area contributed by atoms with Crippen LogP contribution in [0.3, 0.4) is 0 Å². The normalized spacial score (nSPS) is 10.8. The molecule has 0 radical (unpaired) electrons. The highest BCUT2D eigenvalue weighted by Gasteiger charge is 2.15. The number of nitrogens with one attached hydrogen (secondary N) is 2. The molecule has 4 aromatic carbocycles. The number of rotatable bonds is 7. The van der Waals surface area contributed by atoms with Crippen molar-refractivity contribution in [2.45, 2.75) is 0 Å². The number of hydrogen-bond donors (Lipinski definition) is 2. The third kappa shape index (κ3) is 7.59. The van der Waals surface area contributed by atoms with Gasteiger partial charge < -0.3 is 10.1 Å². The molecule has 196 valence electrons. The van der Waals surface area contributed by atoms with Gasteiger partial charge in [0.05, 0.1) is 16.8 Å². The van der Waals surface area contributed by atoms with E-state index in [1.807, 2.05) is 0 Å². The van der Waals surface area contributed by atoms with Gasteiger partial charge in [-0.25, -0.2) is 10.2 Å². The van der Waals surface area contributed by atoms with Crippen LogP contribution in [-0.2, 0) is 0 Å². The van der Waals surface area contributed by atoms with Crippen LogP contribution in [0.25, 0.3) is 0 Å². The fourth-order valence-corrected chi connectivity index (χ4v) is 4.05. The van der Waals surface area contributed by atoms with Crippen LogP contribution < -0.4 is 15.5 Å². The smallest absolute Gasteiger partial charge is 0.345 e. The molecular weight excluding hydrogens is 584 g/mol. The van der Waals surface area contributed by atoms with Gasteiger partial charge in [-0.3, -0.25) is 9.59 Å². The van der Waals surface area contributed by atoms with E-state index < -0.39 is 11.9 Å². The molecule has 4 rings (SSSR count). The maximum Gasteiger partial charge on any atom is 0.345 e. The molecule has 0 atom stereocenters. The van der Waals surface area contributed by atoms with Crippen molar-refractivity contribution in [2.75, 3.05) is 5.32 Å². The Morgan fingerprint density at radius 3 is 1.97 bits per heavy atom. The summed E-state index contributed by atoms with van der Waals surface area (Å²) >= 11 is 23.9. The van der Waals surface area contributed by atoms with Crippen molar-refractivity contribution in [1.29, 1.82) is 0 Å². The van der Waals surface area contributed by atoms with Crippen LogP contribution in [-0.4, -0.2) is 24.0 Å². The molecule has 0 spiro atoms. The summed E-state index contributed by atoms with van der Waals surface area (Å²) in [5.74, 6) is -1.38. The highest BCUT2D eigenvalue weighted by Crippen LogP contribution is 2.26. The molecule has 39 heavy (non-hydrogen) atoms. The summed E-state index contributed by atoms with van der Waals surface area (Å²) in [6.07, 6.45) is 1.29. The molecule has 0 saturated carbocycles. The van der Waals surface area contributed by atoms with Gasteiger partial charge in [0, 0.05) is 37.4 Å². The zero-order valence-electron chi connectivity index (χ0n) is 19.8. The summed E-state index contributed by atoms with van der Waals surface area (Å²) in [5, 5.41) is 8.10. The van der Waals surface area contributed by atoms with E-state index in [2.05, 4.69) is 15.8 Å². The van der Waals surface area contributed by atoms with Gasteiger partial charge in [0.25, 0.3) is 11.8 Å². The lowest BCUT2D eigenvalue weighted by molar-refractivity contribution is 0.0734. The Hall–Kier alpha value is -3.88. The van der Waals surface area contributed by atoms with E-state index in [9.17, 15) is 14.4 Å². The van der Waals surface area contributed by atoms with Crippen molar-refractivity contribution < 1.29 is 19.1 Å². The van der Waals surface area contributed by atoms with E-state index in [1.54, 1.807) is 36.4 Å². The summed E-state index contributed by atoms with van der Waals surface area (Å²) in [6, 6.07) is 21.6. The fourth-order valence-electron chi connectivity index (χ4n) is 3.26. The zero-order valence-corrected chi connectivity index (χ0v) is 22.8. The highest BCUT2D eigenvalue weighted by atomic mass is 35.5. The minimum absolute atomic E-state index is 0.125. The van der Waals surface area contributed by atoms with Crippen molar-refractivity contribution in [1.82, 2.24) is 5.43 Å². The topological polar surface area (TPSA) is 96.9 Å². The van der Waals surface area contributed by atoms with Gasteiger partial charge in [-0.05, 0) is 84.9 Å². The Labute approximate surface area is 243 Å². The predicted octanol–water partition coefficient (Wildman–Crippen LogP) is 7.54. The molecule has 4 aromatic rings. The Morgan fingerprint density at radius 2 is 1.28 bits per heavy atom. The van der Waals surface area contributed by atoms with Crippen LogP contribution in [0.5, 0.6) is 5.75 Å². The standard InChI is InChI=1S/C28H17Cl4N3O4/c29-19-5-1-16(2-6-19)26(36)34-22-9-3-17(4-10-22)27(37)35-33-15-18-13-20(30)8-12-25(18)39-28(38)23-11-7-21(31)14-24(23)32/h1-15H,(H,34,36)(H,35,37)/b33-15+. The second kappa shape index (κ2) is 12.8. The molecular formula is C28H17Cl4N3O4. The van der Waals surface area contributed by atoms with Crippen molar-refractivity contribution >= 4 is 76.1 Å². The number of nitrogens with zero attached hydrogens (tertiary/aromatic N) is 1. The number of anilines is 1. The van der Waals surface area contributed by atoms with Gasteiger partial charge in [0.1, 0.15) is 5.75 Å². The molecule has 0 bridgehead atoms. The summed E-state index contributed by atoms with van der Waals surface area (Å²) in [5.41, 5.74) is 4.10. The third-order valence-electron chi connectivity index (χ3n) is 5.21. The second-order valence-electron chi connectivity index (χ2n) is 7.93. The summed E-state index contributed by atoms with van der Waals surface area (Å²) in [7, 11) is 0. The average Bonchev–Trinajstić information content (AvgIpc) is 2.90. The number of benzene rings is 4. The fraction of sp³-hybridized carbons (Fsp3) is 0. The number of amides is 2. The van der Waals surface area contributed by atoms with E-state index in [0.29, 0.717) is 37.4 Å². The van der Waals surface area contributed by atoms with Crippen LogP contribution in [0.15, 0.2) is 90.0 Å². The lowest BCUT2D eigenvalue weighted by Crippen LogP contribution is -2.18. The zero-order chi connectivity index (χ0) is 27.9. The molecule has 0 aromatic heterocycles. The molecule has 2 amide bonds. The number of ether oxygens (including phenoxy) is 1. The van der Waals surface area contributed by atoms with Crippen molar-refractivity contribution in [3.63, 3.8) is 0 Å². The molecule has 7 nitrogen and oxygen atoms in total. The predicted molar refractivity (Wildman–Crippen MR) is 154 cm³/mol. The number of carbonyl (C=O) groups is 3. The van der Waals surface area contributed by atoms with E-state index in [4.69, 9.17) is 51.1 Å². The summed E-state index contributed by atoms with van der Waals surface area (Å²) < 4.78 is 5.46. The van der Waals surface area contributed by atoms with E-state index in [-0.39, 0.29) is 22.2 Å². The first-order valence-electron chi connectivity index (χ1n) is 11.2. The van der Waals surface area contributed by atoms with Crippen LogP contribution in [0.4, 0.5) is 5.69 Å². The highest BCUT2D eigenvalue weighted by molar-refractivity contribution is 6.36. The Balaban J connectivity index is 1.39. The van der Waals surface area contributed by atoms with Crippen LogP contribution in [0.1, 0.15) is 36.6 Å². The monoisotopic (exact) mass is 599 g/mol. The van der Waals surface area contributed by atoms with E-state index in [0.717, 1.165) is 0 Å². The maximum absolute atomic E-state index is 12.6. The lowest BCUT2D eigenvalue weighted by Gasteiger charge is -2.09. The second-order valence-corrected chi connectivity index (χ2v) is 9.65. The van der Waals surface area contributed by atoms with E-state index >= 15 is 0 Å². The Bertz CT molecular complexity index is 1570. The van der Waals surface area contributed by atoms with Crippen LogP contribution in [0, 0.1) is 0 Å². The summed E-state index contributed by atoms with van der Waals surface area (Å²) in [4.78, 5) is 37.5. The van der Waals surface area contributed by atoms with Gasteiger partial charge in [-0.2, -0.15) is 5.10 Å². The molecule has 0 fully saturated rings. The van der Waals surface area contributed by atoms with Gasteiger partial charge >= 0.3 is 5.97 Å². The largest absolute Gasteiger partial charge is 0.422 e. The molecule has 2 N–H and O–H groups in total. The molecule has 0 aliphatic rings. The van der Waals surface area contributed by atoms with Gasteiger partial charge in [0.2, 0.25) is 0 Å². The average molecular weight is 601 g/mol. The molecule has 0 unspecified atom stereocenters. The third-order valence-corrected chi connectivity index (χ3v) is 6.24. The van der Waals surface area contributed by atoms with Crippen molar-refractivity contribution in [3.05, 3.63) is 127 Å². The van der Waals surface area contributed by atoms with Crippen LogP contribution in [0.2, 0.25) is 20.1 Å². The quantitative estimate of drug-likeness (QED) is 0.0991. The van der Waals surface area contributed by atoms with Gasteiger partial charge in [-0.1, -0.05) is 46.4 Å². The summed E-state index contributed by atoms with van der Waals surface area (Å²) in [6.45, 7) is 0. The first-order valence-corrected chi connectivity index (χ1v) is 12.7. The van der Waals surface area contributed by atoms with E-state index in [1.165, 1.54) is 54.7 Å². The van der Waals surface area contributed by atoms with Crippen molar-refractivity contribution in [2.24, 2.45) is 5.10 Å². The van der Waals surface area contributed by atoms with Crippen molar-refractivity contribution in [3.8, 4) is 5.75 Å². The first kappa shape index (κ1) is 28.1. The molecule has 0 aliphatic carbocycles.